The molecule has 2 heterocycles. The summed E-state index contributed by atoms with van der Waals surface area (Å²) < 4.78 is 48.6. The summed E-state index contributed by atoms with van der Waals surface area (Å²) in [6.45, 7) is 1.85. The maximum Gasteiger partial charge on any atom is 0.416 e. The summed E-state index contributed by atoms with van der Waals surface area (Å²) >= 11 is 0. The molecule has 1 saturated heterocycles. The molecule has 28 heavy (non-hydrogen) atoms. The van der Waals surface area contributed by atoms with E-state index in [-0.39, 0.29) is 17.9 Å². The fourth-order valence-electron chi connectivity index (χ4n) is 3.03. The van der Waals surface area contributed by atoms with Gasteiger partial charge in [-0.25, -0.2) is 0 Å². The quantitative estimate of drug-likeness (QED) is 0.781. The summed E-state index contributed by atoms with van der Waals surface area (Å²) in [7, 11) is 0. The number of rotatable bonds is 6. The Morgan fingerprint density at radius 1 is 1.29 bits per heavy atom. The van der Waals surface area contributed by atoms with Crippen LogP contribution in [-0.2, 0) is 17.3 Å². The number of nitrogens with zero attached hydrogens (tertiary/aromatic N) is 1. The number of benzene rings is 1. The van der Waals surface area contributed by atoms with Gasteiger partial charge in [-0.1, -0.05) is 23.4 Å². The van der Waals surface area contributed by atoms with Gasteiger partial charge in [-0.05, 0) is 30.4 Å². The first-order valence-corrected chi connectivity index (χ1v) is 8.99. The highest BCUT2D eigenvalue weighted by molar-refractivity contribution is 5.92. The van der Waals surface area contributed by atoms with Gasteiger partial charge in [0, 0.05) is 32.2 Å². The van der Waals surface area contributed by atoms with E-state index < -0.39 is 23.8 Å². The molecule has 2 aromatic rings. The molecule has 1 unspecified atom stereocenters. The molecular weight excluding hydrogens is 377 g/mol. The molecule has 0 bridgehead atoms. The lowest BCUT2D eigenvalue weighted by Crippen LogP contribution is -2.32. The minimum Gasteiger partial charge on any atom is -0.385 e. The molecule has 1 aliphatic rings. The van der Waals surface area contributed by atoms with Gasteiger partial charge in [0.1, 0.15) is 6.10 Å². The molecule has 2 N–H and O–H groups in total. The van der Waals surface area contributed by atoms with Gasteiger partial charge in [0.25, 0.3) is 5.91 Å². The number of hydrogen-bond donors (Lipinski definition) is 2. The molecule has 1 aromatic heterocycles. The van der Waals surface area contributed by atoms with Crippen molar-refractivity contribution < 1.29 is 32.3 Å². The van der Waals surface area contributed by atoms with Crippen LogP contribution in [0.3, 0.4) is 0 Å². The van der Waals surface area contributed by atoms with Crippen LogP contribution in [0.4, 0.5) is 13.2 Å². The lowest BCUT2D eigenvalue weighted by molar-refractivity contribution is -0.137. The van der Waals surface area contributed by atoms with E-state index in [0.29, 0.717) is 31.2 Å². The van der Waals surface area contributed by atoms with Crippen molar-refractivity contribution >= 4 is 5.91 Å². The van der Waals surface area contributed by atoms with E-state index in [9.17, 15) is 23.1 Å². The molecule has 9 heteroatoms. The smallest absolute Gasteiger partial charge is 0.385 e. The van der Waals surface area contributed by atoms with Crippen molar-refractivity contribution in [3.8, 4) is 0 Å². The topological polar surface area (TPSA) is 84.6 Å². The maximum atomic E-state index is 12.8. The second-order valence-electron chi connectivity index (χ2n) is 6.80. The van der Waals surface area contributed by atoms with Crippen molar-refractivity contribution in [1.82, 2.24) is 10.5 Å². The number of carbonyl (C=O) groups excluding carboxylic acids is 1. The van der Waals surface area contributed by atoms with Crippen molar-refractivity contribution in [2.24, 2.45) is 5.92 Å². The van der Waals surface area contributed by atoms with E-state index >= 15 is 0 Å². The Morgan fingerprint density at radius 2 is 2.04 bits per heavy atom. The van der Waals surface area contributed by atoms with Crippen LogP contribution in [0.1, 0.15) is 46.3 Å². The van der Waals surface area contributed by atoms with Crippen molar-refractivity contribution in [3.63, 3.8) is 0 Å². The molecule has 0 saturated carbocycles. The van der Waals surface area contributed by atoms with Crippen molar-refractivity contribution in [1.29, 1.82) is 0 Å². The molecule has 6 nitrogen and oxygen atoms in total. The van der Waals surface area contributed by atoms with E-state index in [1.54, 1.807) is 0 Å². The zero-order chi connectivity index (χ0) is 20.1. The number of hydrogen-bond acceptors (Lipinski definition) is 5. The molecular formula is C19H21F3N2O4. The first kappa shape index (κ1) is 20.3. The zero-order valence-corrected chi connectivity index (χ0v) is 15.0. The summed E-state index contributed by atoms with van der Waals surface area (Å²) in [5, 5.41) is 16.7. The molecule has 152 valence electrons. The van der Waals surface area contributed by atoms with Gasteiger partial charge in [0.15, 0.2) is 11.5 Å². The summed E-state index contributed by atoms with van der Waals surface area (Å²) in [4.78, 5) is 12.2. The molecule has 1 fully saturated rings. The predicted molar refractivity (Wildman–Crippen MR) is 92.5 cm³/mol. The number of carbonyl (C=O) groups is 1. The van der Waals surface area contributed by atoms with Gasteiger partial charge in [-0.3, -0.25) is 4.79 Å². The fourth-order valence-corrected chi connectivity index (χ4v) is 3.03. The van der Waals surface area contributed by atoms with Gasteiger partial charge >= 0.3 is 6.18 Å². The highest BCUT2D eigenvalue weighted by atomic mass is 19.4. The molecule has 0 spiro atoms. The number of aromatic nitrogens is 1. The van der Waals surface area contributed by atoms with E-state index in [4.69, 9.17) is 9.26 Å². The van der Waals surface area contributed by atoms with Gasteiger partial charge < -0.3 is 19.7 Å². The highest BCUT2D eigenvalue weighted by Gasteiger charge is 2.30. The van der Waals surface area contributed by atoms with Crippen LogP contribution in [0.5, 0.6) is 0 Å². The van der Waals surface area contributed by atoms with E-state index in [2.05, 4.69) is 10.5 Å². The number of amides is 1. The largest absolute Gasteiger partial charge is 0.416 e. The lowest BCUT2D eigenvalue weighted by Gasteiger charge is -2.21. The number of halogens is 3. The average molecular weight is 398 g/mol. The third-order valence-corrected chi connectivity index (χ3v) is 4.66. The number of nitrogens with one attached hydrogen (secondary N) is 1. The van der Waals surface area contributed by atoms with Gasteiger partial charge in [-0.2, -0.15) is 13.2 Å². The second kappa shape index (κ2) is 8.74. The third kappa shape index (κ3) is 5.32. The number of alkyl halides is 3. The van der Waals surface area contributed by atoms with Gasteiger partial charge in [-0.15, -0.1) is 0 Å². The summed E-state index contributed by atoms with van der Waals surface area (Å²) in [6.07, 6.45) is -4.02. The Labute approximate surface area is 159 Å². The predicted octanol–water partition coefficient (Wildman–Crippen LogP) is 3.13. The standard InChI is InChI=1S/C19H21F3N2O4/c20-19(21,22)14-3-1-2-13(8-14)9-16(25)17-10-15(24-28-17)18(26)23-11-12-4-6-27-7-5-12/h1-3,8,10,12,16,25H,4-7,9,11H2,(H,23,26). The normalized spacial score (nSPS) is 16.7. The summed E-state index contributed by atoms with van der Waals surface area (Å²) in [5.41, 5.74) is -0.475. The van der Waals surface area contributed by atoms with Crippen LogP contribution in [0.25, 0.3) is 0 Å². The van der Waals surface area contributed by atoms with E-state index in [0.717, 1.165) is 25.0 Å². The van der Waals surface area contributed by atoms with Crippen molar-refractivity contribution in [2.75, 3.05) is 19.8 Å². The maximum absolute atomic E-state index is 12.8. The highest BCUT2D eigenvalue weighted by Crippen LogP contribution is 2.30. The first-order chi connectivity index (χ1) is 13.3. The SMILES string of the molecule is O=C(NCC1CCOCC1)c1cc(C(O)Cc2cccc(C(F)(F)F)c2)on1. The lowest BCUT2D eigenvalue weighted by atomic mass is 10.0. The van der Waals surface area contributed by atoms with Gasteiger partial charge in [0.2, 0.25) is 0 Å². The number of ether oxygens (including phenoxy) is 1. The Balaban J connectivity index is 1.57. The molecule has 3 rings (SSSR count). The van der Waals surface area contributed by atoms with Crippen LogP contribution in [0, 0.1) is 5.92 Å². The minimum absolute atomic E-state index is 0.0187. The Kier molecular flexibility index (Phi) is 6.35. The summed E-state index contributed by atoms with van der Waals surface area (Å²) in [5.74, 6) is -0.0584. The van der Waals surface area contributed by atoms with Crippen molar-refractivity contribution in [2.45, 2.75) is 31.5 Å². The Hall–Kier alpha value is -2.39. The monoisotopic (exact) mass is 398 g/mol. The van der Waals surface area contributed by atoms with Crippen LogP contribution in [-0.4, -0.2) is 35.9 Å². The van der Waals surface area contributed by atoms with Crippen LogP contribution >= 0.6 is 0 Å². The molecule has 1 aliphatic heterocycles. The minimum atomic E-state index is -4.46. The first-order valence-electron chi connectivity index (χ1n) is 8.99. The Bertz CT molecular complexity index is 800. The van der Waals surface area contributed by atoms with E-state index in [1.165, 1.54) is 18.2 Å². The number of aliphatic hydroxyl groups is 1. The Morgan fingerprint density at radius 3 is 2.75 bits per heavy atom. The molecule has 1 atom stereocenters. The molecule has 0 aliphatic carbocycles. The molecule has 0 radical (unpaired) electrons. The van der Waals surface area contributed by atoms with E-state index in [1.807, 2.05) is 0 Å². The van der Waals surface area contributed by atoms with Crippen LogP contribution in [0.2, 0.25) is 0 Å². The fraction of sp³-hybridized carbons (Fsp3) is 0.474. The van der Waals surface area contributed by atoms with Crippen LogP contribution < -0.4 is 5.32 Å². The average Bonchev–Trinajstić information content (AvgIpc) is 3.17. The molecule has 1 amide bonds. The van der Waals surface area contributed by atoms with Crippen molar-refractivity contribution in [3.05, 3.63) is 52.9 Å². The number of aliphatic hydroxyl groups excluding tert-OH is 1. The summed E-state index contributed by atoms with van der Waals surface area (Å²) in [6, 6.07) is 6.00. The zero-order valence-electron chi connectivity index (χ0n) is 15.0. The molecule has 1 aromatic carbocycles. The second-order valence-corrected chi connectivity index (χ2v) is 6.80. The van der Waals surface area contributed by atoms with Crippen LogP contribution in [0.15, 0.2) is 34.9 Å². The van der Waals surface area contributed by atoms with Gasteiger partial charge in [0.05, 0.1) is 5.56 Å². The third-order valence-electron chi connectivity index (χ3n) is 4.66.